The molecule has 0 aliphatic heterocycles. The molecule has 1 N–H and O–H groups in total. The van der Waals surface area contributed by atoms with Crippen molar-refractivity contribution in [2.45, 2.75) is 40.3 Å². The van der Waals surface area contributed by atoms with Crippen LogP contribution in [0.2, 0.25) is 0 Å². The summed E-state index contributed by atoms with van der Waals surface area (Å²) in [6, 6.07) is 8.01. The highest BCUT2D eigenvalue weighted by atomic mass is 16.1. The molecule has 1 heterocycles. The predicted molar refractivity (Wildman–Crippen MR) is 82.9 cm³/mol. The molecule has 1 aromatic carbocycles. The van der Waals surface area contributed by atoms with E-state index in [0.717, 1.165) is 17.6 Å². The van der Waals surface area contributed by atoms with E-state index in [1.54, 1.807) is 0 Å². The van der Waals surface area contributed by atoms with Crippen LogP contribution in [-0.2, 0) is 6.54 Å². The molecule has 0 radical (unpaired) electrons. The van der Waals surface area contributed by atoms with Gasteiger partial charge in [-0.1, -0.05) is 39.8 Å². The topological polar surface area (TPSA) is 46.9 Å². The Balaban J connectivity index is 2.46. The molecule has 0 amide bonds. The summed E-state index contributed by atoms with van der Waals surface area (Å²) in [7, 11) is 0. The molecule has 0 bridgehead atoms. The van der Waals surface area contributed by atoms with Crippen molar-refractivity contribution < 1.29 is 0 Å². The summed E-state index contributed by atoms with van der Waals surface area (Å²) < 4.78 is 1.82. The standard InChI is InChI=1S/C16H23N3O/c1-5-17-14(16(2,3)4)11-19-13-9-7-6-8-12(13)18-10-15(19)20/h6-10,14,17H,5,11H2,1-4H3. The molecule has 0 spiro atoms. The van der Waals surface area contributed by atoms with E-state index in [1.807, 2.05) is 28.8 Å². The van der Waals surface area contributed by atoms with Crippen LogP contribution in [0, 0.1) is 5.41 Å². The summed E-state index contributed by atoms with van der Waals surface area (Å²) in [6.45, 7) is 10.2. The lowest BCUT2D eigenvalue weighted by Gasteiger charge is -2.32. The number of hydrogen-bond donors (Lipinski definition) is 1. The number of benzene rings is 1. The molecule has 1 atom stereocenters. The van der Waals surface area contributed by atoms with Gasteiger partial charge in [-0.15, -0.1) is 0 Å². The van der Waals surface area contributed by atoms with Crippen LogP contribution in [0.15, 0.2) is 35.3 Å². The Hall–Kier alpha value is -1.68. The number of fused-ring (bicyclic) bond motifs is 1. The molecule has 0 saturated carbocycles. The lowest BCUT2D eigenvalue weighted by molar-refractivity contribution is 0.245. The maximum absolute atomic E-state index is 12.2. The molecule has 0 aliphatic rings. The van der Waals surface area contributed by atoms with Gasteiger partial charge in [-0.2, -0.15) is 0 Å². The molecular weight excluding hydrogens is 250 g/mol. The Labute approximate surface area is 119 Å². The van der Waals surface area contributed by atoms with Crippen LogP contribution in [0.5, 0.6) is 0 Å². The van der Waals surface area contributed by atoms with Crippen LogP contribution in [0.25, 0.3) is 11.0 Å². The second kappa shape index (κ2) is 5.75. The summed E-state index contributed by atoms with van der Waals surface area (Å²) in [5.74, 6) is 0. The molecule has 0 saturated heterocycles. The van der Waals surface area contributed by atoms with E-state index in [9.17, 15) is 4.79 Å². The fourth-order valence-corrected chi connectivity index (χ4v) is 2.38. The van der Waals surface area contributed by atoms with Crippen molar-refractivity contribution in [1.82, 2.24) is 14.9 Å². The van der Waals surface area contributed by atoms with Crippen LogP contribution in [0.1, 0.15) is 27.7 Å². The fraction of sp³-hybridized carbons (Fsp3) is 0.500. The lowest BCUT2D eigenvalue weighted by Crippen LogP contribution is -2.45. The van der Waals surface area contributed by atoms with E-state index < -0.39 is 0 Å². The summed E-state index contributed by atoms with van der Waals surface area (Å²) in [4.78, 5) is 16.4. The van der Waals surface area contributed by atoms with Crippen LogP contribution >= 0.6 is 0 Å². The molecule has 2 rings (SSSR count). The van der Waals surface area contributed by atoms with E-state index >= 15 is 0 Å². The van der Waals surface area contributed by atoms with Crippen molar-refractivity contribution in [1.29, 1.82) is 0 Å². The zero-order valence-corrected chi connectivity index (χ0v) is 12.7. The number of rotatable bonds is 4. The van der Waals surface area contributed by atoms with Gasteiger partial charge in [0.25, 0.3) is 5.56 Å². The number of aromatic nitrogens is 2. The smallest absolute Gasteiger partial charge is 0.269 e. The molecule has 20 heavy (non-hydrogen) atoms. The highest BCUT2D eigenvalue weighted by molar-refractivity contribution is 5.74. The largest absolute Gasteiger partial charge is 0.312 e. The quantitative estimate of drug-likeness (QED) is 0.930. The zero-order valence-electron chi connectivity index (χ0n) is 12.7. The van der Waals surface area contributed by atoms with Crippen molar-refractivity contribution in [2.75, 3.05) is 6.54 Å². The van der Waals surface area contributed by atoms with Crippen molar-refractivity contribution >= 4 is 11.0 Å². The van der Waals surface area contributed by atoms with Crippen molar-refractivity contribution in [3.8, 4) is 0 Å². The fourth-order valence-electron chi connectivity index (χ4n) is 2.38. The first kappa shape index (κ1) is 14.7. The molecule has 108 valence electrons. The molecule has 1 aromatic heterocycles. The minimum Gasteiger partial charge on any atom is -0.312 e. The Kier molecular flexibility index (Phi) is 4.23. The summed E-state index contributed by atoms with van der Waals surface area (Å²) in [5.41, 5.74) is 1.79. The first-order valence-corrected chi connectivity index (χ1v) is 7.11. The minimum absolute atomic E-state index is 0.0455. The monoisotopic (exact) mass is 273 g/mol. The van der Waals surface area contributed by atoms with Gasteiger partial charge in [-0.05, 0) is 24.1 Å². The van der Waals surface area contributed by atoms with Crippen molar-refractivity contribution in [3.63, 3.8) is 0 Å². The normalized spacial score (nSPS) is 13.6. The van der Waals surface area contributed by atoms with Gasteiger partial charge in [-0.25, -0.2) is 4.98 Å². The van der Waals surface area contributed by atoms with Crippen molar-refractivity contribution in [3.05, 3.63) is 40.8 Å². The first-order chi connectivity index (χ1) is 9.43. The Morgan fingerprint density at radius 3 is 2.65 bits per heavy atom. The third-order valence-electron chi connectivity index (χ3n) is 3.61. The van der Waals surface area contributed by atoms with E-state index in [0.29, 0.717) is 6.54 Å². The number of nitrogens with one attached hydrogen (secondary N) is 1. The minimum atomic E-state index is -0.0455. The van der Waals surface area contributed by atoms with Crippen LogP contribution < -0.4 is 10.9 Å². The maximum Gasteiger partial charge on any atom is 0.269 e. The van der Waals surface area contributed by atoms with E-state index in [-0.39, 0.29) is 17.0 Å². The third kappa shape index (κ3) is 3.07. The summed E-state index contributed by atoms with van der Waals surface area (Å²) in [6.07, 6.45) is 1.41. The highest BCUT2D eigenvalue weighted by Crippen LogP contribution is 2.21. The Bertz CT molecular complexity index is 640. The molecule has 4 nitrogen and oxygen atoms in total. The number of nitrogens with zero attached hydrogens (tertiary/aromatic N) is 2. The van der Waals surface area contributed by atoms with Crippen LogP contribution in [0.3, 0.4) is 0 Å². The first-order valence-electron chi connectivity index (χ1n) is 7.11. The average Bonchev–Trinajstić information content (AvgIpc) is 2.40. The third-order valence-corrected chi connectivity index (χ3v) is 3.61. The molecule has 1 unspecified atom stereocenters. The Morgan fingerprint density at radius 2 is 2.00 bits per heavy atom. The maximum atomic E-state index is 12.2. The van der Waals surface area contributed by atoms with Crippen LogP contribution in [0.4, 0.5) is 0 Å². The Morgan fingerprint density at radius 1 is 1.30 bits per heavy atom. The van der Waals surface area contributed by atoms with E-state index in [2.05, 4.69) is 38.0 Å². The SMILES string of the molecule is CCNC(Cn1c(=O)cnc2ccccc21)C(C)(C)C. The average molecular weight is 273 g/mol. The molecular formula is C16H23N3O. The zero-order chi connectivity index (χ0) is 14.8. The van der Waals surface area contributed by atoms with Gasteiger partial charge in [-0.3, -0.25) is 4.79 Å². The van der Waals surface area contributed by atoms with Gasteiger partial charge >= 0.3 is 0 Å². The van der Waals surface area contributed by atoms with Crippen LogP contribution in [-0.4, -0.2) is 22.1 Å². The van der Waals surface area contributed by atoms with Crippen molar-refractivity contribution in [2.24, 2.45) is 5.41 Å². The predicted octanol–water partition coefficient (Wildman–Crippen LogP) is 2.42. The van der Waals surface area contributed by atoms with Gasteiger partial charge in [0.1, 0.15) is 0 Å². The molecule has 2 aromatic rings. The molecule has 0 fully saturated rings. The van der Waals surface area contributed by atoms with Gasteiger partial charge in [0.2, 0.25) is 0 Å². The summed E-state index contributed by atoms with van der Waals surface area (Å²) >= 11 is 0. The second-order valence-corrected chi connectivity index (χ2v) is 6.17. The number of para-hydroxylation sites is 2. The second-order valence-electron chi connectivity index (χ2n) is 6.17. The van der Waals surface area contributed by atoms with Gasteiger partial charge in [0.15, 0.2) is 0 Å². The molecule has 4 heteroatoms. The van der Waals surface area contributed by atoms with Gasteiger partial charge < -0.3 is 9.88 Å². The lowest BCUT2D eigenvalue weighted by atomic mass is 9.86. The van der Waals surface area contributed by atoms with Gasteiger partial charge in [0.05, 0.1) is 17.2 Å². The van der Waals surface area contributed by atoms with E-state index in [4.69, 9.17) is 0 Å². The number of hydrogen-bond acceptors (Lipinski definition) is 3. The summed E-state index contributed by atoms with van der Waals surface area (Å²) in [5, 5.41) is 3.48. The van der Waals surface area contributed by atoms with E-state index in [1.165, 1.54) is 6.20 Å². The molecule has 0 aliphatic carbocycles. The highest BCUT2D eigenvalue weighted by Gasteiger charge is 2.24. The number of likely N-dealkylation sites (N-methyl/N-ethyl adjacent to an activating group) is 1. The van der Waals surface area contributed by atoms with Gasteiger partial charge in [0, 0.05) is 12.6 Å².